The van der Waals surface area contributed by atoms with Gasteiger partial charge in [-0.25, -0.2) is 0 Å². The first-order chi connectivity index (χ1) is 13.7. The third kappa shape index (κ3) is 4.52. The number of nitrogens with one attached hydrogen (secondary N) is 1. The van der Waals surface area contributed by atoms with Crippen LogP contribution in [-0.4, -0.2) is 22.5 Å². The summed E-state index contributed by atoms with van der Waals surface area (Å²) in [5.74, 6) is 1.21. The van der Waals surface area contributed by atoms with Crippen LogP contribution in [0.25, 0.3) is 11.3 Å². The molecule has 1 N–H and O–H groups in total. The maximum absolute atomic E-state index is 12.1. The number of carbonyl (C=O) groups is 1. The van der Waals surface area contributed by atoms with E-state index in [0.717, 1.165) is 11.1 Å². The number of hydrogen-bond donors (Lipinski definition) is 1. The highest BCUT2D eigenvalue weighted by atomic mass is 35.5. The van der Waals surface area contributed by atoms with Gasteiger partial charge in [-0.15, -0.1) is 5.10 Å². The molecule has 1 unspecified atom stereocenters. The lowest BCUT2D eigenvalue weighted by Gasteiger charge is -2.04. The minimum Gasteiger partial charge on any atom is -0.455 e. The first-order valence-corrected chi connectivity index (χ1v) is 9.91. The second-order valence-electron chi connectivity index (χ2n) is 6.15. The highest BCUT2D eigenvalue weighted by Crippen LogP contribution is 2.25. The normalized spacial score (nSPS) is 18.1. The first kappa shape index (κ1) is 18.5. The van der Waals surface area contributed by atoms with Crippen LogP contribution in [0.4, 0.5) is 0 Å². The fourth-order valence-electron chi connectivity index (χ4n) is 2.77. The number of furan rings is 1. The zero-order valence-corrected chi connectivity index (χ0v) is 16.3. The van der Waals surface area contributed by atoms with Crippen molar-refractivity contribution in [3.05, 3.63) is 83.1 Å². The van der Waals surface area contributed by atoms with Crippen LogP contribution < -0.4 is 5.32 Å². The van der Waals surface area contributed by atoms with Crippen LogP contribution in [0.1, 0.15) is 11.3 Å². The van der Waals surface area contributed by atoms with Crippen molar-refractivity contribution < 1.29 is 9.21 Å². The number of carbonyl (C=O) groups excluding carboxylic acids is 1. The van der Waals surface area contributed by atoms with Gasteiger partial charge in [0.1, 0.15) is 11.5 Å². The van der Waals surface area contributed by atoms with E-state index in [4.69, 9.17) is 16.0 Å². The zero-order chi connectivity index (χ0) is 19.3. The Morgan fingerprint density at radius 1 is 1.11 bits per heavy atom. The van der Waals surface area contributed by atoms with Crippen molar-refractivity contribution in [2.75, 3.05) is 0 Å². The molecule has 28 heavy (non-hydrogen) atoms. The number of rotatable bonds is 5. The molecule has 2 aromatic carbocycles. The molecular weight excluding hydrogens is 394 g/mol. The largest absolute Gasteiger partial charge is 0.455 e. The van der Waals surface area contributed by atoms with Crippen molar-refractivity contribution >= 4 is 40.7 Å². The average molecular weight is 410 g/mol. The van der Waals surface area contributed by atoms with Gasteiger partial charge in [0.25, 0.3) is 0 Å². The number of amidine groups is 1. The van der Waals surface area contributed by atoms with E-state index in [9.17, 15) is 4.79 Å². The summed E-state index contributed by atoms with van der Waals surface area (Å²) in [6, 6.07) is 21.0. The molecule has 3 aromatic rings. The van der Waals surface area contributed by atoms with Crippen LogP contribution in [0.2, 0.25) is 5.02 Å². The van der Waals surface area contributed by atoms with E-state index in [1.807, 2.05) is 60.7 Å². The van der Waals surface area contributed by atoms with Crippen molar-refractivity contribution in [1.29, 1.82) is 0 Å². The summed E-state index contributed by atoms with van der Waals surface area (Å²) in [6.45, 7) is 0. The smallest absolute Gasteiger partial charge is 0.239 e. The van der Waals surface area contributed by atoms with Gasteiger partial charge in [-0.2, -0.15) is 5.10 Å². The highest BCUT2D eigenvalue weighted by Gasteiger charge is 2.30. The lowest BCUT2D eigenvalue weighted by Crippen LogP contribution is -2.25. The molecule has 0 radical (unpaired) electrons. The number of halogens is 1. The van der Waals surface area contributed by atoms with E-state index in [0.29, 0.717) is 28.1 Å². The van der Waals surface area contributed by atoms with Crippen LogP contribution >= 0.6 is 23.4 Å². The van der Waals surface area contributed by atoms with Gasteiger partial charge in [0.2, 0.25) is 5.91 Å². The van der Waals surface area contributed by atoms with E-state index in [1.54, 1.807) is 6.07 Å². The van der Waals surface area contributed by atoms with Gasteiger partial charge in [0.05, 0.1) is 11.5 Å². The quantitative estimate of drug-likeness (QED) is 0.487. The summed E-state index contributed by atoms with van der Waals surface area (Å²) in [6.07, 6.45) is 2.17. The molecule has 0 bridgehead atoms. The average Bonchev–Trinajstić information content (AvgIpc) is 3.30. The summed E-state index contributed by atoms with van der Waals surface area (Å²) < 4.78 is 5.74. The van der Waals surface area contributed by atoms with Crippen LogP contribution in [-0.2, 0) is 11.2 Å². The molecule has 0 spiro atoms. The standard InChI is InChI=1S/C21H16ClN3O2S/c22-16-8-4-7-15(12-16)18-10-9-17(27-18)13-23-25-21-24-20(26)19(28-21)11-14-5-2-1-3-6-14/h1-10,12-13,19H,11H2,(H,24,25,26)/b23-13+. The Morgan fingerprint density at radius 3 is 2.79 bits per heavy atom. The Labute approximate surface area is 171 Å². The minimum atomic E-state index is -0.200. The van der Waals surface area contributed by atoms with Crippen molar-refractivity contribution in [3.8, 4) is 11.3 Å². The molecule has 1 amide bonds. The highest BCUT2D eigenvalue weighted by molar-refractivity contribution is 8.15. The second kappa shape index (κ2) is 8.46. The van der Waals surface area contributed by atoms with Crippen LogP contribution in [0.5, 0.6) is 0 Å². The molecule has 2 heterocycles. The molecule has 0 saturated carbocycles. The summed E-state index contributed by atoms with van der Waals surface area (Å²) in [5.41, 5.74) is 2.00. The van der Waals surface area contributed by atoms with E-state index in [1.165, 1.54) is 18.0 Å². The summed E-state index contributed by atoms with van der Waals surface area (Å²) in [7, 11) is 0. The molecule has 0 aliphatic carbocycles. The molecule has 1 fully saturated rings. The topological polar surface area (TPSA) is 67.0 Å². The van der Waals surface area contributed by atoms with E-state index < -0.39 is 0 Å². The van der Waals surface area contributed by atoms with Crippen LogP contribution in [0.3, 0.4) is 0 Å². The van der Waals surface area contributed by atoms with Gasteiger partial charge >= 0.3 is 0 Å². The molecule has 4 rings (SSSR count). The Morgan fingerprint density at radius 2 is 1.96 bits per heavy atom. The van der Waals surface area contributed by atoms with Gasteiger partial charge in [-0.05, 0) is 36.2 Å². The van der Waals surface area contributed by atoms with E-state index >= 15 is 0 Å². The Balaban J connectivity index is 1.39. The molecule has 5 nitrogen and oxygen atoms in total. The van der Waals surface area contributed by atoms with Crippen molar-refractivity contribution in [2.24, 2.45) is 10.2 Å². The molecule has 1 aromatic heterocycles. The third-order valence-corrected chi connectivity index (χ3v) is 5.42. The van der Waals surface area contributed by atoms with Gasteiger partial charge in [0.15, 0.2) is 5.17 Å². The molecule has 1 atom stereocenters. The molecule has 140 valence electrons. The predicted octanol–water partition coefficient (Wildman–Crippen LogP) is 4.76. The fourth-order valence-corrected chi connectivity index (χ4v) is 3.93. The van der Waals surface area contributed by atoms with Gasteiger partial charge in [-0.3, -0.25) is 4.79 Å². The van der Waals surface area contributed by atoms with E-state index in [-0.39, 0.29) is 11.2 Å². The lowest BCUT2D eigenvalue weighted by atomic mass is 10.1. The molecule has 7 heteroatoms. The van der Waals surface area contributed by atoms with Crippen molar-refractivity contribution in [1.82, 2.24) is 5.32 Å². The van der Waals surface area contributed by atoms with Crippen molar-refractivity contribution in [2.45, 2.75) is 11.7 Å². The summed E-state index contributed by atoms with van der Waals surface area (Å²) in [4.78, 5) is 12.1. The first-order valence-electron chi connectivity index (χ1n) is 8.65. The number of nitrogens with zero attached hydrogens (tertiary/aromatic N) is 2. The molecular formula is C21H16ClN3O2S. The SMILES string of the molecule is O=C1NC(=N/N=C/c2ccc(-c3cccc(Cl)c3)o2)SC1Cc1ccccc1. The molecule has 1 aliphatic heterocycles. The number of amides is 1. The fraction of sp³-hybridized carbons (Fsp3) is 0.0952. The Kier molecular flexibility index (Phi) is 5.60. The predicted molar refractivity (Wildman–Crippen MR) is 114 cm³/mol. The van der Waals surface area contributed by atoms with Gasteiger partial charge in [0, 0.05) is 10.6 Å². The monoisotopic (exact) mass is 409 g/mol. The minimum absolute atomic E-state index is 0.0518. The van der Waals surface area contributed by atoms with Crippen molar-refractivity contribution in [3.63, 3.8) is 0 Å². The Bertz CT molecular complexity index is 1050. The summed E-state index contributed by atoms with van der Waals surface area (Å²) >= 11 is 7.39. The zero-order valence-electron chi connectivity index (χ0n) is 14.7. The maximum Gasteiger partial charge on any atom is 0.239 e. The maximum atomic E-state index is 12.1. The Hall–Kier alpha value is -2.83. The molecule has 1 aliphatic rings. The molecule has 1 saturated heterocycles. The second-order valence-corrected chi connectivity index (χ2v) is 7.78. The lowest BCUT2D eigenvalue weighted by molar-refractivity contribution is -0.118. The number of thioether (sulfide) groups is 1. The van der Waals surface area contributed by atoms with Crippen LogP contribution in [0.15, 0.2) is 81.4 Å². The van der Waals surface area contributed by atoms with Gasteiger partial charge < -0.3 is 9.73 Å². The summed E-state index contributed by atoms with van der Waals surface area (Å²) in [5, 5.41) is 11.8. The van der Waals surface area contributed by atoms with Gasteiger partial charge in [-0.1, -0.05) is 65.8 Å². The number of benzene rings is 2. The van der Waals surface area contributed by atoms with Crippen LogP contribution in [0, 0.1) is 0 Å². The number of hydrogen-bond acceptors (Lipinski definition) is 5. The van der Waals surface area contributed by atoms with E-state index in [2.05, 4.69) is 15.5 Å². The third-order valence-electron chi connectivity index (χ3n) is 4.11.